The van der Waals surface area contributed by atoms with E-state index >= 15 is 0 Å². The molecule has 1 unspecified atom stereocenters. The number of aryl methyl sites for hydroxylation is 1. The van der Waals surface area contributed by atoms with Crippen LogP contribution < -0.4 is 31.3 Å². The number of carbonyl (C=O) groups is 6. The molecule has 2 aromatic heterocycles. The summed E-state index contributed by atoms with van der Waals surface area (Å²) < 4.78 is 44.3. The van der Waals surface area contributed by atoms with Gasteiger partial charge in [0.2, 0.25) is 23.6 Å². The number of nitrogens with two attached hydrogens (primary N) is 1. The van der Waals surface area contributed by atoms with Crippen LogP contribution in [-0.4, -0.2) is 86.9 Å². The van der Waals surface area contributed by atoms with E-state index in [1.807, 2.05) is 56.7 Å². The number of hydrogen-bond donors (Lipinski definition) is 4. The van der Waals surface area contributed by atoms with Crippen LogP contribution in [0.4, 0.5) is 30.4 Å². The minimum absolute atomic E-state index is 0.0231. The molecule has 0 bridgehead atoms. The lowest BCUT2D eigenvalue weighted by molar-refractivity contribution is -0.274. The van der Waals surface area contributed by atoms with E-state index in [0.29, 0.717) is 73.5 Å². The molecule has 0 radical (unpaired) electrons. The number of benzene rings is 3. The third-order valence-electron chi connectivity index (χ3n) is 12.4. The summed E-state index contributed by atoms with van der Waals surface area (Å²) in [4.78, 5) is 89.6. The number of nitrogens with one attached hydrogen (secondary N) is 3. The number of anilines is 3. The Morgan fingerprint density at radius 2 is 1.72 bits per heavy atom. The Morgan fingerprint density at radius 1 is 0.940 bits per heavy atom. The molecule has 0 spiro atoms. The number of hydrogen-bond acceptors (Lipinski definition) is 11. The van der Waals surface area contributed by atoms with Gasteiger partial charge in [0.05, 0.1) is 22.9 Å². The van der Waals surface area contributed by atoms with Gasteiger partial charge in [0.25, 0.3) is 11.8 Å². The Hall–Kier alpha value is -7.31. The maximum absolute atomic E-state index is 13.7. The van der Waals surface area contributed by atoms with E-state index in [1.165, 1.54) is 24.5 Å². The van der Waals surface area contributed by atoms with Gasteiger partial charge in [-0.2, -0.15) is 0 Å². The van der Waals surface area contributed by atoms with Gasteiger partial charge in [-0.15, -0.1) is 13.2 Å². The Balaban J connectivity index is 0.871. The van der Waals surface area contributed by atoms with Crippen molar-refractivity contribution in [2.45, 2.75) is 85.2 Å². The summed E-state index contributed by atoms with van der Waals surface area (Å²) in [6.07, 6.45) is 0.0844. The highest BCUT2D eigenvalue weighted by Gasteiger charge is 2.46. The van der Waals surface area contributed by atoms with Crippen LogP contribution in [0.5, 0.6) is 5.75 Å². The molecule has 3 aliphatic heterocycles. The summed E-state index contributed by atoms with van der Waals surface area (Å²) >= 11 is 0. The van der Waals surface area contributed by atoms with Crippen molar-refractivity contribution in [1.82, 2.24) is 30.1 Å². The third kappa shape index (κ3) is 9.67. The predicted molar refractivity (Wildman–Crippen MR) is 242 cm³/mol. The average molecular weight is 922 g/mol. The van der Waals surface area contributed by atoms with Gasteiger partial charge in [0.1, 0.15) is 29.6 Å². The molecule has 5 N–H and O–H groups in total. The second kappa shape index (κ2) is 17.8. The minimum Gasteiger partial charge on any atom is -0.406 e. The van der Waals surface area contributed by atoms with E-state index in [9.17, 15) is 41.9 Å². The first-order valence-corrected chi connectivity index (χ1v) is 21.9. The Bertz CT molecular complexity index is 2840. The molecule has 0 saturated carbocycles. The molecule has 3 aromatic carbocycles. The molecule has 5 heterocycles. The quantitative estimate of drug-likeness (QED) is 0.0689. The number of nitrogens with zero attached hydrogens (tertiary/aromatic N) is 5. The van der Waals surface area contributed by atoms with Crippen molar-refractivity contribution in [2.75, 3.05) is 35.6 Å². The summed E-state index contributed by atoms with van der Waals surface area (Å²) in [6.45, 7) is 9.39. The summed E-state index contributed by atoms with van der Waals surface area (Å²) in [7, 11) is 0. The maximum atomic E-state index is 13.7. The van der Waals surface area contributed by atoms with Crippen molar-refractivity contribution in [3.05, 3.63) is 95.4 Å². The largest absolute Gasteiger partial charge is 0.573 e. The van der Waals surface area contributed by atoms with Crippen molar-refractivity contribution in [1.29, 1.82) is 0 Å². The van der Waals surface area contributed by atoms with Crippen LogP contribution in [0.2, 0.25) is 0 Å². The first-order chi connectivity index (χ1) is 31.7. The number of carbonyl (C=O) groups excluding carboxylic acids is 6. The fourth-order valence-corrected chi connectivity index (χ4v) is 9.51. The number of aromatic nitrogens is 3. The van der Waals surface area contributed by atoms with E-state index in [-0.39, 0.29) is 48.0 Å². The molecular weight excluding hydrogens is 872 g/mol. The van der Waals surface area contributed by atoms with Crippen molar-refractivity contribution in [2.24, 2.45) is 10.8 Å². The topological polar surface area (TPSA) is 211 Å². The first-order valence-electron chi connectivity index (χ1n) is 21.9. The molecule has 1 atom stereocenters. The first kappa shape index (κ1) is 46.2. The number of fused-ring (bicyclic) bond motifs is 3. The SMILES string of the molecule is CC(C)(CNc1cccc2c1C(=O)N(C1CCC(=O)NC1=O)C2=O)CC(C)(C)C(=O)NCCCn1cc(-c2ccc3c(c2)CCN3C(=O)Cc2cccc(OC(F)(F)F)c2)c2c(N)ncnc21. The highest BCUT2D eigenvalue weighted by molar-refractivity contribution is 6.25. The number of alkyl halides is 3. The van der Waals surface area contributed by atoms with Crippen LogP contribution in [0.25, 0.3) is 22.2 Å². The molecule has 8 rings (SSSR count). The summed E-state index contributed by atoms with van der Waals surface area (Å²) in [6, 6.07) is 15.0. The van der Waals surface area contributed by atoms with Crippen LogP contribution in [0, 0.1) is 10.8 Å². The van der Waals surface area contributed by atoms with Crippen LogP contribution in [0.1, 0.15) is 85.2 Å². The molecule has 67 heavy (non-hydrogen) atoms. The van der Waals surface area contributed by atoms with E-state index in [0.717, 1.165) is 27.3 Å². The summed E-state index contributed by atoms with van der Waals surface area (Å²) in [5, 5.41) is 9.29. The molecule has 0 aliphatic carbocycles. The van der Waals surface area contributed by atoms with Gasteiger partial charge in [-0.05, 0) is 84.2 Å². The Morgan fingerprint density at radius 3 is 2.48 bits per heavy atom. The molecule has 16 nitrogen and oxygen atoms in total. The molecular formula is C48H50F3N9O7. The van der Waals surface area contributed by atoms with E-state index < -0.39 is 46.9 Å². The molecule has 6 amide bonds. The molecule has 1 fully saturated rings. The van der Waals surface area contributed by atoms with Gasteiger partial charge in [0, 0.05) is 61.1 Å². The van der Waals surface area contributed by atoms with Gasteiger partial charge in [-0.3, -0.25) is 39.0 Å². The van der Waals surface area contributed by atoms with Gasteiger partial charge in [0.15, 0.2) is 0 Å². The number of ether oxygens (including phenoxy) is 1. The standard InChI is InChI=1S/C48H50F3N9O7/c1-46(2,25-54-33-11-6-10-31-38(33)44(65)60(43(31)64)35-14-15-36(61)57-42(35)63)24-47(3,4)45(66)53-17-7-18-58-23-32(39-40(52)55-26-56-41(39)58)28-12-13-34-29(22-28)16-19-59(34)37(62)21-27-8-5-9-30(20-27)67-48(49,50)51/h5-6,8-13,20,22-23,26,35,54H,7,14-19,21,24-25H2,1-4H3,(H,53,66)(H2,52,55,56)(H,57,61,63). The molecule has 19 heteroatoms. The van der Waals surface area contributed by atoms with Crippen molar-refractivity contribution in [3.8, 4) is 16.9 Å². The van der Waals surface area contributed by atoms with E-state index in [1.54, 1.807) is 29.2 Å². The maximum Gasteiger partial charge on any atom is 0.573 e. The lowest BCUT2D eigenvalue weighted by Crippen LogP contribution is -2.54. The molecule has 350 valence electrons. The highest BCUT2D eigenvalue weighted by atomic mass is 19.4. The zero-order chi connectivity index (χ0) is 48.0. The lowest BCUT2D eigenvalue weighted by Gasteiger charge is -2.34. The second-order valence-electron chi connectivity index (χ2n) is 18.6. The summed E-state index contributed by atoms with van der Waals surface area (Å²) in [5.74, 6) is -2.80. The third-order valence-corrected chi connectivity index (χ3v) is 12.4. The zero-order valence-corrected chi connectivity index (χ0v) is 37.4. The summed E-state index contributed by atoms with van der Waals surface area (Å²) in [5.41, 5.74) is 10.2. The van der Waals surface area contributed by atoms with Gasteiger partial charge < -0.3 is 30.6 Å². The number of piperidine rings is 1. The molecule has 5 aromatic rings. The normalized spacial score (nSPS) is 16.3. The van der Waals surface area contributed by atoms with Crippen molar-refractivity contribution in [3.63, 3.8) is 0 Å². The van der Waals surface area contributed by atoms with E-state index in [2.05, 4.69) is 30.7 Å². The van der Waals surface area contributed by atoms with Crippen LogP contribution in [-0.2, 0) is 38.6 Å². The smallest absolute Gasteiger partial charge is 0.406 e. The number of nitrogen functional groups attached to an aromatic ring is 1. The minimum atomic E-state index is -4.84. The lowest BCUT2D eigenvalue weighted by atomic mass is 9.74. The van der Waals surface area contributed by atoms with Crippen LogP contribution in [0.15, 0.2) is 73.2 Å². The number of halogens is 3. The Kier molecular flexibility index (Phi) is 12.3. The van der Waals surface area contributed by atoms with Gasteiger partial charge >= 0.3 is 6.36 Å². The fourth-order valence-electron chi connectivity index (χ4n) is 9.51. The predicted octanol–water partition coefficient (Wildman–Crippen LogP) is 6.17. The van der Waals surface area contributed by atoms with Crippen molar-refractivity contribution < 1.29 is 46.7 Å². The van der Waals surface area contributed by atoms with E-state index in [4.69, 9.17) is 5.73 Å². The van der Waals surface area contributed by atoms with Crippen LogP contribution in [0.3, 0.4) is 0 Å². The molecule has 1 saturated heterocycles. The number of imide groups is 2. The zero-order valence-electron chi connectivity index (χ0n) is 37.4. The van der Waals surface area contributed by atoms with Crippen molar-refractivity contribution >= 4 is 63.7 Å². The van der Waals surface area contributed by atoms with Gasteiger partial charge in [-0.25, -0.2) is 9.97 Å². The van der Waals surface area contributed by atoms with Crippen LogP contribution >= 0.6 is 0 Å². The van der Waals surface area contributed by atoms with Gasteiger partial charge in [-0.1, -0.05) is 52.0 Å². The number of amides is 6. The number of rotatable bonds is 15. The fraction of sp³-hybridized carbons (Fsp3) is 0.375. The Labute approximate surface area is 383 Å². The average Bonchev–Trinajstić information content (AvgIpc) is 3.93. The molecule has 3 aliphatic rings. The highest BCUT2D eigenvalue weighted by Crippen LogP contribution is 2.39. The monoisotopic (exact) mass is 921 g/mol. The second-order valence-corrected chi connectivity index (χ2v) is 18.6.